The lowest BCUT2D eigenvalue weighted by atomic mass is 10.1. The normalized spacial score (nSPS) is 10.6. The van der Waals surface area contributed by atoms with E-state index in [1.807, 2.05) is 0 Å². The van der Waals surface area contributed by atoms with E-state index in [-0.39, 0.29) is 0 Å². The molecule has 0 amide bonds. The van der Waals surface area contributed by atoms with Gasteiger partial charge in [0.15, 0.2) is 11.6 Å². The monoisotopic (exact) mass is 239 g/mol. The molecule has 0 saturated carbocycles. The maximum Gasteiger partial charge on any atom is 0.387 e. The maximum absolute atomic E-state index is 13.1. The van der Waals surface area contributed by atoms with Crippen molar-refractivity contribution < 1.29 is 17.9 Å². The standard InChI is InChI=1S/C11H6F3N2O/c12-8-2-1-7(5-10(8)17-11(13)14)9-6-15-3-4-16-9/h1-3,5-6,11H. The smallest absolute Gasteiger partial charge is 0.387 e. The Balaban J connectivity index is 2.37. The average molecular weight is 239 g/mol. The first-order valence-corrected chi connectivity index (χ1v) is 4.59. The van der Waals surface area contributed by atoms with Gasteiger partial charge in [0.25, 0.3) is 0 Å². The molecule has 1 aromatic carbocycles. The van der Waals surface area contributed by atoms with Gasteiger partial charge in [0.1, 0.15) is 6.20 Å². The third-order valence-corrected chi connectivity index (χ3v) is 1.96. The maximum atomic E-state index is 13.1. The molecule has 2 rings (SSSR count). The number of hydrogen-bond acceptors (Lipinski definition) is 3. The molecule has 87 valence electrons. The van der Waals surface area contributed by atoms with Crippen LogP contribution in [0.1, 0.15) is 0 Å². The molecular weight excluding hydrogens is 233 g/mol. The van der Waals surface area contributed by atoms with Gasteiger partial charge in [-0.15, -0.1) is 0 Å². The molecule has 1 aromatic heterocycles. The summed E-state index contributed by atoms with van der Waals surface area (Å²) in [5, 5.41) is 0. The second-order valence-corrected chi connectivity index (χ2v) is 3.06. The molecular formula is C11H6F3N2O. The van der Waals surface area contributed by atoms with Crippen molar-refractivity contribution in [2.24, 2.45) is 0 Å². The molecule has 0 saturated heterocycles. The Bertz CT molecular complexity index is 505. The van der Waals surface area contributed by atoms with E-state index >= 15 is 0 Å². The predicted octanol–water partition coefficient (Wildman–Crippen LogP) is 2.68. The highest BCUT2D eigenvalue weighted by Crippen LogP contribution is 2.25. The lowest BCUT2D eigenvalue weighted by Crippen LogP contribution is -2.03. The molecule has 2 aromatic rings. The molecule has 6 heteroatoms. The molecule has 1 radical (unpaired) electrons. The average Bonchev–Trinajstić information content (AvgIpc) is 2.32. The van der Waals surface area contributed by atoms with E-state index in [0.29, 0.717) is 11.3 Å². The van der Waals surface area contributed by atoms with Crippen LogP contribution in [0, 0.1) is 12.0 Å². The quantitative estimate of drug-likeness (QED) is 0.825. The minimum absolute atomic E-state index is 0.395. The molecule has 17 heavy (non-hydrogen) atoms. The number of hydrogen-bond donors (Lipinski definition) is 0. The Morgan fingerprint density at radius 3 is 2.76 bits per heavy atom. The van der Waals surface area contributed by atoms with Gasteiger partial charge >= 0.3 is 6.61 Å². The van der Waals surface area contributed by atoms with Gasteiger partial charge in [0.2, 0.25) is 0 Å². The van der Waals surface area contributed by atoms with Crippen LogP contribution in [0.2, 0.25) is 0 Å². The fourth-order valence-electron chi connectivity index (χ4n) is 1.26. The molecule has 0 aliphatic rings. The Hall–Kier alpha value is -2.11. The topological polar surface area (TPSA) is 35.0 Å². The highest BCUT2D eigenvalue weighted by atomic mass is 19.3. The van der Waals surface area contributed by atoms with Crippen molar-refractivity contribution in [2.45, 2.75) is 6.61 Å². The van der Waals surface area contributed by atoms with Gasteiger partial charge < -0.3 is 4.74 Å². The summed E-state index contributed by atoms with van der Waals surface area (Å²) >= 11 is 0. The zero-order chi connectivity index (χ0) is 12.3. The van der Waals surface area contributed by atoms with Gasteiger partial charge in [0, 0.05) is 5.56 Å². The zero-order valence-corrected chi connectivity index (χ0v) is 8.40. The molecule has 0 bridgehead atoms. The van der Waals surface area contributed by atoms with Gasteiger partial charge in [-0.1, -0.05) is 0 Å². The molecule has 3 nitrogen and oxygen atoms in total. The van der Waals surface area contributed by atoms with E-state index < -0.39 is 18.2 Å². The van der Waals surface area contributed by atoms with Crippen LogP contribution in [0.4, 0.5) is 13.2 Å². The summed E-state index contributed by atoms with van der Waals surface area (Å²) in [7, 11) is 0. The Morgan fingerprint density at radius 1 is 1.29 bits per heavy atom. The van der Waals surface area contributed by atoms with Crippen LogP contribution in [0.5, 0.6) is 5.75 Å². The van der Waals surface area contributed by atoms with Crippen molar-refractivity contribution in [3.05, 3.63) is 42.6 Å². The second kappa shape index (κ2) is 4.82. The van der Waals surface area contributed by atoms with E-state index in [2.05, 4.69) is 20.9 Å². The number of ether oxygens (including phenoxy) is 1. The third kappa shape index (κ3) is 2.72. The molecule has 0 N–H and O–H groups in total. The first-order valence-electron chi connectivity index (χ1n) is 4.59. The summed E-state index contributed by atoms with van der Waals surface area (Å²) in [4.78, 5) is 7.62. The number of nitrogens with zero attached hydrogens (tertiary/aromatic N) is 2. The summed E-state index contributed by atoms with van der Waals surface area (Å²) in [5.41, 5.74) is 0.818. The van der Waals surface area contributed by atoms with Crippen LogP contribution in [-0.2, 0) is 0 Å². The van der Waals surface area contributed by atoms with E-state index in [1.54, 1.807) is 0 Å². The summed E-state index contributed by atoms with van der Waals surface area (Å²) in [5.74, 6) is -1.38. The Kier molecular flexibility index (Phi) is 3.22. The van der Waals surface area contributed by atoms with Gasteiger partial charge in [0.05, 0.1) is 18.1 Å². The number of alkyl halides is 2. The largest absolute Gasteiger partial charge is 0.432 e. The van der Waals surface area contributed by atoms with Crippen LogP contribution in [0.15, 0.2) is 30.6 Å². The van der Waals surface area contributed by atoms with Crippen LogP contribution in [0.25, 0.3) is 11.3 Å². The van der Waals surface area contributed by atoms with Crippen molar-refractivity contribution >= 4 is 0 Å². The van der Waals surface area contributed by atoms with Gasteiger partial charge in [-0.2, -0.15) is 8.78 Å². The van der Waals surface area contributed by atoms with E-state index in [9.17, 15) is 13.2 Å². The molecule has 0 atom stereocenters. The summed E-state index contributed by atoms with van der Waals surface area (Å²) in [6.45, 7) is -3.08. The lowest BCUT2D eigenvalue weighted by Gasteiger charge is -2.07. The summed E-state index contributed by atoms with van der Waals surface area (Å²) in [6.07, 6.45) is 5.25. The molecule has 0 spiro atoms. The van der Waals surface area contributed by atoms with E-state index in [1.165, 1.54) is 18.5 Å². The van der Waals surface area contributed by atoms with Crippen LogP contribution < -0.4 is 4.74 Å². The van der Waals surface area contributed by atoms with Crippen molar-refractivity contribution in [3.63, 3.8) is 0 Å². The van der Waals surface area contributed by atoms with Gasteiger partial charge in [-0.05, 0) is 18.2 Å². The van der Waals surface area contributed by atoms with Crippen molar-refractivity contribution in [3.8, 4) is 17.0 Å². The van der Waals surface area contributed by atoms with Crippen molar-refractivity contribution in [2.75, 3.05) is 0 Å². The number of aromatic nitrogens is 2. The highest BCUT2D eigenvalue weighted by molar-refractivity contribution is 5.60. The second-order valence-electron chi connectivity index (χ2n) is 3.06. The first kappa shape index (κ1) is 11.4. The van der Waals surface area contributed by atoms with Crippen LogP contribution in [0.3, 0.4) is 0 Å². The highest BCUT2D eigenvalue weighted by Gasteiger charge is 2.11. The van der Waals surface area contributed by atoms with E-state index in [0.717, 1.165) is 12.1 Å². The Morgan fingerprint density at radius 2 is 2.12 bits per heavy atom. The van der Waals surface area contributed by atoms with Crippen LogP contribution >= 0.6 is 0 Å². The molecule has 0 aliphatic carbocycles. The number of halogens is 3. The third-order valence-electron chi connectivity index (χ3n) is 1.96. The van der Waals surface area contributed by atoms with Crippen molar-refractivity contribution in [1.82, 2.24) is 9.97 Å². The fourth-order valence-corrected chi connectivity index (χ4v) is 1.26. The molecule has 0 aliphatic heterocycles. The fraction of sp³-hybridized carbons (Fsp3) is 0.0909. The molecule has 1 heterocycles. The number of rotatable bonds is 3. The van der Waals surface area contributed by atoms with Crippen molar-refractivity contribution in [1.29, 1.82) is 0 Å². The Labute approximate surface area is 94.9 Å². The molecule has 0 fully saturated rings. The minimum atomic E-state index is -3.08. The molecule has 0 unspecified atom stereocenters. The predicted molar refractivity (Wildman–Crippen MR) is 52.9 cm³/mol. The first-order chi connectivity index (χ1) is 8.16. The van der Waals surface area contributed by atoms with E-state index in [4.69, 9.17) is 0 Å². The number of benzene rings is 1. The van der Waals surface area contributed by atoms with Gasteiger partial charge in [-0.3, -0.25) is 4.98 Å². The summed E-state index contributed by atoms with van der Waals surface area (Å²) < 4.78 is 41.2. The van der Waals surface area contributed by atoms with Crippen LogP contribution in [-0.4, -0.2) is 16.6 Å². The zero-order valence-electron chi connectivity index (χ0n) is 8.40. The summed E-state index contributed by atoms with van der Waals surface area (Å²) in [6, 6.07) is 3.56. The lowest BCUT2D eigenvalue weighted by molar-refractivity contribution is -0.0521. The SMILES string of the molecule is Fc1ccc(-c2cnc[c]n2)cc1OC(F)F. The van der Waals surface area contributed by atoms with Gasteiger partial charge in [-0.25, -0.2) is 9.37 Å². The minimum Gasteiger partial charge on any atom is -0.432 e.